The highest BCUT2D eigenvalue weighted by atomic mass is 16.5. The fourth-order valence-electron chi connectivity index (χ4n) is 1.91. The summed E-state index contributed by atoms with van der Waals surface area (Å²) in [7, 11) is 4.76. The molecule has 0 aliphatic rings. The molecular formula is C14H20N2O3. The summed E-state index contributed by atoms with van der Waals surface area (Å²) in [6, 6.07) is 3.34. The molecule has 0 saturated carbocycles. The van der Waals surface area contributed by atoms with Crippen molar-refractivity contribution in [2.24, 2.45) is 5.18 Å². The smallest absolute Gasteiger partial charge is 0.257 e. The van der Waals surface area contributed by atoms with Crippen LogP contribution < -0.4 is 4.74 Å². The Morgan fingerprint density at radius 1 is 1.26 bits per heavy atom. The summed E-state index contributed by atoms with van der Waals surface area (Å²) in [5.74, 6) is 0.0356. The molecular weight excluding hydrogens is 244 g/mol. The Morgan fingerprint density at radius 3 is 2.21 bits per heavy atom. The number of rotatable bonds is 3. The Bertz CT molecular complexity index is 502. The van der Waals surface area contributed by atoms with E-state index in [1.54, 1.807) is 26.2 Å². The van der Waals surface area contributed by atoms with Crippen molar-refractivity contribution in [3.63, 3.8) is 0 Å². The molecule has 5 nitrogen and oxygen atoms in total. The van der Waals surface area contributed by atoms with Gasteiger partial charge in [0, 0.05) is 14.1 Å². The van der Waals surface area contributed by atoms with E-state index in [0.29, 0.717) is 5.56 Å². The number of hydrogen-bond donors (Lipinski definition) is 0. The second-order valence-corrected chi connectivity index (χ2v) is 5.58. The van der Waals surface area contributed by atoms with Gasteiger partial charge in [0.2, 0.25) is 0 Å². The number of nitroso groups, excluding NO2 is 1. The quantitative estimate of drug-likeness (QED) is 0.788. The Labute approximate surface area is 113 Å². The van der Waals surface area contributed by atoms with Gasteiger partial charge in [0.05, 0.1) is 12.7 Å². The number of carbonyl (C=O) groups is 1. The zero-order valence-corrected chi connectivity index (χ0v) is 12.3. The summed E-state index contributed by atoms with van der Waals surface area (Å²) in [6.07, 6.45) is 0. The molecule has 0 atom stereocenters. The van der Waals surface area contributed by atoms with Crippen LogP contribution in [0.1, 0.15) is 36.7 Å². The largest absolute Gasteiger partial charge is 0.493 e. The molecule has 0 aliphatic heterocycles. The van der Waals surface area contributed by atoms with E-state index in [-0.39, 0.29) is 22.8 Å². The first kappa shape index (κ1) is 15.1. The highest BCUT2D eigenvalue weighted by Gasteiger charge is 2.28. The molecule has 1 amide bonds. The molecule has 1 rings (SSSR count). The number of amides is 1. The SMILES string of the molecule is COc1c(N=O)ccc(C(C)(C)C)c1C(=O)N(C)C. The van der Waals surface area contributed by atoms with Gasteiger partial charge in [-0.15, -0.1) is 4.91 Å². The van der Waals surface area contributed by atoms with Crippen molar-refractivity contribution in [3.05, 3.63) is 28.2 Å². The maximum atomic E-state index is 12.4. The van der Waals surface area contributed by atoms with Gasteiger partial charge in [-0.3, -0.25) is 4.79 Å². The van der Waals surface area contributed by atoms with Crippen LogP contribution in [0.3, 0.4) is 0 Å². The van der Waals surface area contributed by atoms with Gasteiger partial charge < -0.3 is 9.64 Å². The zero-order chi connectivity index (χ0) is 14.8. The van der Waals surface area contributed by atoms with Crippen molar-refractivity contribution in [3.8, 4) is 5.75 Å². The molecule has 5 heteroatoms. The predicted octanol–water partition coefficient (Wildman–Crippen LogP) is 3.09. The van der Waals surface area contributed by atoms with Gasteiger partial charge in [0.15, 0.2) is 11.4 Å². The molecule has 0 fully saturated rings. The number of hydrogen-bond acceptors (Lipinski definition) is 4. The maximum Gasteiger partial charge on any atom is 0.257 e. The van der Waals surface area contributed by atoms with E-state index >= 15 is 0 Å². The number of methoxy groups -OCH3 is 1. The molecule has 1 aromatic carbocycles. The van der Waals surface area contributed by atoms with Crippen molar-refractivity contribution < 1.29 is 9.53 Å². The lowest BCUT2D eigenvalue weighted by Gasteiger charge is -2.25. The van der Waals surface area contributed by atoms with Gasteiger partial charge in [-0.05, 0) is 22.2 Å². The van der Waals surface area contributed by atoms with Crippen LogP contribution >= 0.6 is 0 Å². The highest BCUT2D eigenvalue weighted by Crippen LogP contribution is 2.38. The fourth-order valence-corrected chi connectivity index (χ4v) is 1.91. The lowest BCUT2D eigenvalue weighted by molar-refractivity contribution is 0.0821. The van der Waals surface area contributed by atoms with Crippen LogP contribution in [0, 0.1) is 4.91 Å². The van der Waals surface area contributed by atoms with E-state index in [2.05, 4.69) is 5.18 Å². The maximum absolute atomic E-state index is 12.4. The molecule has 0 spiro atoms. The molecule has 1 aromatic rings. The van der Waals surface area contributed by atoms with Gasteiger partial charge in [0.1, 0.15) is 0 Å². The minimum Gasteiger partial charge on any atom is -0.493 e. The Balaban J connectivity index is 3.68. The molecule has 19 heavy (non-hydrogen) atoms. The van der Waals surface area contributed by atoms with Gasteiger partial charge in [-0.25, -0.2) is 0 Å². The third-order valence-electron chi connectivity index (χ3n) is 2.87. The van der Waals surface area contributed by atoms with E-state index in [9.17, 15) is 9.70 Å². The van der Waals surface area contributed by atoms with E-state index < -0.39 is 0 Å². The predicted molar refractivity (Wildman–Crippen MR) is 75.2 cm³/mol. The first-order valence-corrected chi connectivity index (χ1v) is 6.00. The minimum atomic E-state index is -0.240. The molecule has 0 aromatic heterocycles. The van der Waals surface area contributed by atoms with E-state index in [1.807, 2.05) is 20.8 Å². The minimum absolute atomic E-state index is 0.140. The Kier molecular flexibility index (Phi) is 4.29. The van der Waals surface area contributed by atoms with Crippen LogP contribution in [0.4, 0.5) is 5.69 Å². The van der Waals surface area contributed by atoms with Gasteiger partial charge in [0.25, 0.3) is 5.91 Å². The first-order valence-electron chi connectivity index (χ1n) is 6.00. The second kappa shape index (κ2) is 5.38. The number of nitrogens with zero attached hydrogens (tertiary/aromatic N) is 2. The monoisotopic (exact) mass is 264 g/mol. The summed E-state index contributed by atoms with van der Waals surface area (Å²) in [4.78, 5) is 24.7. The topological polar surface area (TPSA) is 59.0 Å². The molecule has 0 radical (unpaired) electrons. The lowest BCUT2D eigenvalue weighted by Crippen LogP contribution is -2.27. The Morgan fingerprint density at radius 2 is 1.84 bits per heavy atom. The van der Waals surface area contributed by atoms with Crippen molar-refractivity contribution in [1.82, 2.24) is 4.90 Å². The molecule has 0 heterocycles. The van der Waals surface area contributed by atoms with Gasteiger partial charge in [-0.1, -0.05) is 26.8 Å². The lowest BCUT2D eigenvalue weighted by atomic mass is 9.82. The summed E-state index contributed by atoms with van der Waals surface area (Å²) in [5.41, 5.74) is 1.13. The van der Waals surface area contributed by atoms with Crippen molar-refractivity contribution in [1.29, 1.82) is 0 Å². The molecule has 0 aliphatic carbocycles. The van der Waals surface area contributed by atoms with Crippen LogP contribution in [0.5, 0.6) is 5.75 Å². The van der Waals surface area contributed by atoms with Crippen LogP contribution in [-0.4, -0.2) is 32.0 Å². The molecule has 0 saturated heterocycles. The summed E-state index contributed by atoms with van der Waals surface area (Å²) in [6.45, 7) is 6.01. The van der Waals surface area contributed by atoms with Crippen LogP contribution in [-0.2, 0) is 5.41 Å². The number of benzene rings is 1. The van der Waals surface area contributed by atoms with E-state index in [0.717, 1.165) is 5.56 Å². The van der Waals surface area contributed by atoms with Crippen LogP contribution in [0.15, 0.2) is 17.3 Å². The van der Waals surface area contributed by atoms with E-state index in [1.165, 1.54) is 12.0 Å². The standard InChI is InChI=1S/C14H20N2O3/c1-14(2,3)9-7-8-10(15-18)12(19-6)11(9)13(17)16(4)5/h7-8H,1-6H3. The third-order valence-corrected chi connectivity index (χ3v) is 2.87. The number of ether oxygens (including phenoxy) is 1. The van der Waals surface area contributed by atoms with Gasteiger partial charge in [-0.2, -0.15) is 0 Å². The first-order chi connectivity index (χ1) is 8.73. The number of carbonyl (C=O) groups excluding carboxylic acids is 1. The average Bonchev–Trinajstić information content (AvgIpc) is 2.34. The van der Waals surface area contributed by atoms with Crippen molar-refractivity contribution >= 4 is 11.6 Å². The zero-order valence-electron chi connectivity index (χ0n) is 12.3. The molecule has 0 unspecified atom stereocenters. The van der Waals surface area contributed by atoms with Crippen molar-refractivity contribution in [2.45, 2.75) is 26.2 Å². The Hall–Kier alpha value is -1.91. The van der Waals surface area contributed by atoms with E-state index in [4.69, 9.17) is 4.74 Å². The molecule has 0 bridgehead atoms. The van der Waals surface area contributed by atoms with Crippen LogP contribution in [0.2, 0.25) is 0 Å². The summed E-state index contributed by atoms with van der Waals surface area (Å²) in [5, 5.41) is 2.92. The van der Waals surface area contributed by atoms with Gasteiger partial charge >= 0.3 is 0 Å². The normalized spacial score (nSPS) is 11.1. The van der Waals surface area contributed by atoms with Crippen molar-refractivity contribution in [2.75, 3.05) is 21.2 Å². The fraction of sp³-hybridized carbons (Fsp3) is 0.500. The third kappa shape index (κ3) is 2.92. The summed E-state index contributed by atoms with van der Waals surface area (Å²) < 4.78 is 5.23. The summed E-state index contributed by atoms with van der Waals surface area (Å²) >= 11 is 0. The average molecular weight is 264 g/mol. The molecule has 0 N–H and O–H groups in total. The highest BCUT2D eigenvalue weighted by molar-refractivity contribution is 6.00. The second-order valence-electron chi connectivity index (χ2n) is 5.58. The van der Waals surface area contributed by atoms with Crippen LogP contribution in [0.25, 0.3) is 0 Å². The molecule has 104 valence electrons.